The van der Waals surface area contributed by atoms with Gasteiger partial charge in [-0.15, -0.1) is 0 Å². The first kappa shape index (κ1) is 14.0. The number of aromatic carboxylic acids is 1. The van der Waals surface area contributed by atoms with Crippen molar-refractivity contribution in [1.29, 1.82) is 0 Å². The number of benzene rings is 2. The Balaban J connectivity index is 2.39. The van der Waals surface area contributed by atoms with Gasteiger partial charge in [-0.25, -0.2) is 4.79 Å². The highest BCUT2D eigenvalue weighted by atomic mass is 32.2. The third kappa shape index (κ3) is 3.55. The molecule has 2 rings (SSSR count). The highest BCUT2D eigenvalue weighted by Crippen LogP contribution is 2.32. The van der Waals surface area contributed by atoms with E-state index in [0.717, 1.165) is 15.4 Å². The summed E-state index contributed by atoms with van der Waals surface area (Å²) in [6.07, 6.45) is 0.661. The molecule has 98 valence electrons. The van der Waals surface area contributed by atoms with Crippen molar-refractivity contribution in [3.63, 3.8) is 0 Å². The Morgan fingerprint density at radius 2 is 1.84 bits per heavy atom. The lowest BCUT2D eigenvalue weighted by molar-refractivity contribution is 0.0692. The van der Waals surface area contributed by atoms with Gasteiger partial charge in [0.25, 0.3) is 0 Å². The van der Waals surface area contributed by atoms with Crippen LogP contribution in [0.1, 0.15) is 15.9 Å². The predicted molar refractivity (Wildman–Crippen MR) is 81.5 cm³/mol. The summed E-state index contributed by atoms with van der Waals surface area (Å²) in [6.45, 7) is 0. The van der Waals surface area contributed by atoms with Crippen LogP contribution in [-0.4, -0.2) is 16.8 Å². The number of hydrogen-bond donors (Lipinski definition) is 2. The maximum Gasteiger partial charge on any atom is 0.337 e. The van der Waals surface area contributed by atoms with Crippen LogP contribution in [0.3, 0.4) is 0 Å². The zero-order valence-electron chi connectivity index (χ0n) is 10.2. The lowest BCUT2D eigenvalue weighted by Gasteiger charge is -2.10. The molecule has 2 aromatic carbocycles. The largest absolute Gasteiger partial charge is 0.478 e. The fraction of sp³-hybridized carbons (Fsp3) is 0.133. The number of carbonyl (C=O) groups is 1. The van der Waals surface area contributed by atoms with Gasteiger partial charge in [0, 0.05) is 9.79 Å². The van der Waals surface area contributed by atoms with Crippen LogP contribution >= 0.6 is 24.4 Å². The molecule has 0 aromatic heterocycles. The first-order valence-corrected chi connectivity index (χ1v) is 7.36. The molecular formula is C15H14O2S2. The summed E-state index contributed by atoms with van der Waals surface area (Å²) >= 11 is 5.66. The summed E-state index contributed by atoms with van der Waals surface area (Å²) < 4.78 is 0. The first-order chi connectivity index (χ1) is 9.22. The Labute approximate surface area is 122 Å². The second-order valence-electron chi connectivity index (χ2n) is 3.98. The molecule has 0 unspecified atom stereocenters. The SMILES string of the molecule is O=C(O)c1c(CCS)cccc1Sc1ccccc1. The average Bonchev–Trinajstić information content (AvgIpc) is 2.40. The summed E-state index contributed by atoms with van der Waals surface area (Å²) in [5.74, 6) is -0.240. The second kappa shape index (κ2) is 6.68. The van der Waals surface area contributed by atoms with Gasteiger partial charge >= 0.3 is 5.97 Å². The lowest BCUT2D eigenvalue weighted by Crippen LogP contribution is -2.05. The molecule has 2 aromatic rings. The van der Waals surface area contributed by atoms with Crippen LogP contribution in [0.5, 0.6) is 0 Å². The van der Waals surface area contributed by atoms with Gasteiger partial charge in [0.1, 0.15) is 0 Å². The Hall–Kier alpha value is -1.39. The number of aryl methyl sites for hydroxylation is 1. The number of carboxylic acids is 1. The molecular weight excluding hydrogens is 276 g/mol. The Morgan fingerprint density at radius 1 is 1.11 bits per heavy atom. The van der Waals surface area contributed by atoms with Crippen molar-refractivity contribution in [2.24, 2.45) is 0 Å². The van der Waals surface area contributed by atoms with Gasteiger partial charge in [0.15, 0.2) is 0 Å². The molecule has 0 spiro atoms. The van der Waals surface area contributed by atoms with Crippen LogP contribution < -0.4 is 0 Å². The highest BCUT2D eigenvalue weighted by Gasteiger charge is 2.15. The van der Waals surface area contributed by atoms with Crippen molar-refractivity contribution in [2.45, 2.75) is 16.2 Å². The van der Waals surface area contributed by atoms with Crippen LogP contribution in [0, 0.1) is 0 Å². The minimum Gasteiger partial charge on any atom is -0.478 e. The third-order valence-corrected chi connectivity index (χ3v) is 3.97. The van der Waals surface area contributed by atoms with E-state index in [1.54, 1.807) is 0 Å². The van der Waals surface area contributed by atoms with Crippen LogP contribution in [-0.2, 0) is 6.42 Å². The number of carboxylic acid groups (broad SMARTS) is 1. The maximum atomic E-state index is 11.5. The van der Waals surface area contributed by atoms with E-state index >= 15 is 0 Å². The second-order valence-corrected chi connectivity index (χ2v) is 5.55. The molecule has 0 aliphatic rings. The number of rotatable bonds is 5. The van der Waals surface area contributed by atoms with Gasteiger partial charge in [-0.05, 0) is 35.9 Å². The number of thiol groups is 1. The lowest BCUT2D eigenvalue weighted by atomic mass is 10.1. The summed E-state index contributed by atoms with van der Waals surface area (Å²) in [5.41, 5.74) is 1.23. The van der Waals surface area contributed by atoms with Crippen LogP contribution in [0.15, 0.2) is 58.3 Å². The zero-order valence-corrected chi connectivity index (χ0v) is 12.0. The maximum absolute atomic E-state index is 11.5. The van der Waals surface area contributed by atoms with Crippen molar-refractivity contribution in [3.05, 3.63) is 59.7 Å². The van der Waals surface area contributed by atoms with E-state index in [1.807, 2.05) is 48.5 Å². The molecule has 0 saturated heterocycles. The topological polar surface area (TPSA) is 37.3 Å². The quantitative estimate of drug-likeness (QED) is 0.817. The smallest absolute Gasteiger partial charge is 0.337 e. The fourth-order valence-electron chi connectivity index (χ4n) is 1.85. The van der Waals surface area contributed by atoms with E-state index < -0.39 is 5.97 Å². The first-order valence-electron chi connectivity index (χ1n) is 5.91. The van der Waals surface area contributed by atoms with Gasteiger partial charge in [-0.3, -0.25) is 0 Å². The molecule has 1 N–H and O–H groups in total. The Bertz CT molecular complexity index is 568. The van der Waals surface area contributed by atoms with Crippen molar-refractivity contribution in [3.8, 4) is 0 Å². The molecule has 0 amide bonds. The molecule has 0 saturated carbocycles. The van der Waals surface area contributed by atoms with Gasteiger partial charge < -0.3 is 5.11 Å². The van der Waals surface area contributed by atoms with E-state index in [2.05, 4.69) is 12.6 Å². The summed E-state index contributed by atoms with van der Waals surface area (Å²) in [5, 5.41) is 9.41. The van der Waals surface area contributed by atoms with E-state index in [4.69, 9.17) is 0 Å². The molecule has 0 radical (unpaired) electrons. The number of hydrogen-bond acceptors (Lipinski definition) is 3. The van der Waals surface area contributed by atoms with Gasteiger partial charge in [-0.1, -0.05) is 42.1 Å². The van der Waals surface area contributed by atoms with E-state index in [-0.39, 0.29) is 0 Å². The molecule has 0 heterocycles. The monoisotopic (exact) mass is 290 g/mol. The Kier molecular flexibility index (Phi) is 4.93. The average molecular weight is 290 g/mol. The molecule has 0 bridgehead atoms. The predicted octanol–water partition coefficient (Wildman–Crippen LogP) is 4.01. The fourth-order valence-corrected chi connectivity index (χ4v) is 3.10. The minimum absolute atomic E-state index is 0.394. The molecule has 2 nitrogen and oxygen atoms in total. The van der Waals surface area contributed by atoms with Crippen molar-refractivity contribution >= 4 is 30.4 Å². The normalized spacial score (nSPS) is 10.4. The third-order valence-electron chi connectivity index (χ3n) is 2.68. The molecule has 0 aliphatic carbocycles. The molecule has 0 atom stereocenters. The zero-order chi connectivity index (χ0) is 13.7. The van der Waals surface area contributed by atoms with Crippen LogP contribution in [0.4, 0.5) is 0 Å². The van der Waals surface area contributed by atoms with Gasteiger partial charge in [0.2, 0.25) is 0 Å². The molecule has 4 heteroatoms. The van der Waals surface area contributed by atoms with E-state index in [9.17, 15) is 9.90 Å². The van der Waals surface area contributed by atoms with Crippen molar-refractivity contribution in [1.82, 2.24) is 0 Å². The van der Waals surface area contributed by atoms with Gasteiger partial charge in [-0.2, -0.15) is 12.6 Å². The minimum atomic E-state index is -0.879. The van der Waals surface area contributed by atoms with Gasteiger partial charge in [0.05, 0.1) is 5.56 Å². The van der Waals surface area contributed by atoms with Crippen LogP contribution in [0.2, 0.25) is 0 Å². The highest BCUT2D eigenvalue weighted by molar-refractivity contribution is 7.99. The van der Waals surface area contributed by atoms with Crippen molar-refractivity contribution in [2.75, 3.05) is 5.75 Å². The van der Waals surface area contributed by atoms with Crippen LogP contribution in [0.25, 0.3) is 0 Å². The summed E-state index contributed by atoms with van der Waals surface area (Å²) in [6, 6.07) is 15.4. The summed E-state index contributed by atoms with van der Waals surface area (Å²) in [4.78, 5) is 13.3. The van der Waals surface area contributed by atoms with Crippen molar-refractivity contribution < 1.29 is 9.90 Å². The standard InChI is InChI=1S/C15H14O2S2/c16-15(17)14-11(9-10-18)5-4-8-13(14)19-12-6-2-1-3-7-12/h1-8,18H,9-10H2,(H,16,17). The van der Waals surface area contributed by atoms with E-state index in [1.165, 1.54) is 11.8 Å². The Morgan fingerprint density at radius 3 is 2.47 bits per heavy atom. The summed E-state index contributed by atoms with van der Waals surface area (Å²) in [7, 11) is 0. The molecule has 0 aliphatic heterocycles. The molecule has 0 fully saturated rings. The molecule has 19 heavy (non-hydrogen) atoms. The van der Waals surface area contributed by atoms with E-state index in [0.29, 0.717) is 17.7 Å².